The van der Waals surface area contributed by atoms with Crippen LogP contribution in [0.25, 0.3) is 0 Å². The topological polar surface area (TPSA) is 115 Å². The van der Waals surface area contributed by atoms with Crippen LogP contribution >= 0.6 is 11.3 Å². The Bertz CT molecular complexity index is 554. The summed E-state index contributed by atoms with van der Waals surface area (Å²) >= 11 is 1.69. The molecular weight excluding hydrogens is 262 g/mol. The number of hydrazine groups is 1. The molecule has 0 aliphatic rings. The number of nitrogens with zero attached hydrogens (tertiary/aromatic N) is 3. The molecule has 0 aliphatic carbocycles. The van der Waals surface area contributed by atoms with Gasteiger partial charge >= 0.3 is 0 Å². The van der Waals surface area contributed by atoms with E-state index in [1.807, 2.05) is 13.1 Å². The van der Waals surface area contributed by atoms with Crippen molar-refractivity contribution in [2.45, 2.75) is 26.3 Å². The van der Waals surface area contributed by atoms with Crippen molar-refractivity contribution in [3.05, 3.63) is 22.1 Å². The zero-order valence-electron chi connectivity index (χ0n) is 10.8. The van der Waals surface area contributed by atoms with Crippen molar-refractivity contribution in [3.63, 3.8) is 0 Å². The van der Waals surface area contributed by atoms with Gasteiger partial charge in [-0.05, 0) is 13.3 Å². The maximum atomic E-state index is 5.60. The summed E-state index contributed by atoms with van der Waals surface area (Å²) in [6.45, 7) is 4.13. The van der Waals surface area contributed by atoms with Gasteiger partial charge in [0.25, 0.3) is 0 Å². The van der Waals surface area contributed by atoms with E-state index in [0.717, 1.165) is 11.4 Å². The minimum Gasteiger partial charge on any atom is -0.368 e. The lowest BCUT2D eigenvalue weighted by Crippen LogP contribution is -2.13. The van der Waals surface area contributed by atoms with E-state index < -0.39 is 0 Å². The van der Waals surface area contributed by atoms with E-state index in [9.17, 15) is 0 Å². The zero-order valence-corrected chi connectivity index (χ0v) is 11.7. The molecular formula is C11H17N7S. The molecule has 1 atom stereocenters. The van der Waals surface area contributed by atoms with Crippen LogP contribution in [-0.4, -0.2) is 15.0 Å². The maximum absolute atomic E-state index is 5.60. The van der Waals surface area contributed by atoms with Gasteiger partial charge in [-0.25, -0.2) is 10.8 Å². The van der Waals surface area contributed by atoms with Gasteiger partial charge in [0, 0.05) is 17.1 Å². The van der Waals surface area contributed by atoms with Gasteiger partial charge in [-0.15, -0.1) is 11.3 Å². The van der Waals surface area contributed by atoms with Crippen LogP contribution in [0, 0.1) is 0 Å². The summed E-state index contributed by atoms with van der Waals surface area (Å²) in [6, 6.07) is 1.74. The van der Waals surface area contributed by atoms with Crippen molar-refractivity contribution in [3.8, 4) is 0 Å². The number of nitrogens with two attached hydrogens (primary N) is 2. The van der Waals surface area contributed by atoms with E-state index in [1.165, 1.54) is 4.88 Å². The Balaban J connectivity index is 2.13. The normalized spacial score (nSPS) is 12.2. The lowest BCUT2D eigenvalue weighted by atomic mass is 10.3. The Morgan fingerprint density at radius 3 is 2.74 bits per heavy atom. The molecule has 0 saturated carbocycles. The second kappa shape index (κ2) is 5.81. The average Bonchev–Trinajstić information content (AvgIpc) is 2.86. The molecule has 8 heteroatoms. The third-order valence-electron chi connectivity index (χ3n) is 2.55. The van der Waals surface area contributed by atoms with Crippen molar-refractivity contribution >= 4 is 28.9 Å². The highest BCUT2D eigenvalue weighted by atomic mass is 32.1. The molecule has 0 aliphatic heterocycles. The van der Waals surface area contributed by atoms with Gasteiger partial charge in [-0.3, -0.25) is 0 Å². The van der Waals surface area contributed by atoms with Crippen molar-refractivity contribution in [2.75, 3.05) is 16.5 Å². The third-order valence-corrected chi connectivity index (χ3v) is 3.87. The maximum Gasteiger partial charge on any atom is 0.223 e. The molecule has 2 aromatic rings. The van der Waals surface area contributed by atoms with Gasteiger partial charge in [0.15, 0.2) is 0 Å². The predicted octanol–water partition coefficient (Wildman–Crippen LogP) is 1.54. The molecule has 7 nitrogen and oxygen atoms in total. The Kier molecular flexibility index (Phi) is 4.13. The zero-order chi connectivity index (χ0) is 13.8. The summed E-state index contributed by atoms with van der Waals surface area (Å²) in [5.74, 6) is 6.56. The van der Waals surface area contributed by atoms with Gasteiger partial charge < -0.3 is 16.5 Å². The molecule has 2 aromatic heterocycles. The van der Waals surface area contributed by atoms with Crippen molar-refractivity contribution in [2.24, 2.45) is 5.84 Å². The first kappa shape index (κ1) is 13.5. The van der Waals surface area contributed by atoms with Crippen molar-refractivity contribution in [1.29, 1.82) is 0 Å². The van der Waals surface area contributed by atoms with Crippen molar-refractivity contribution in [1.82, 2.24) is 15.0 Å². The number of aromatic nitrogens is 3. The van der Waals surface area contributed by atoms with Crippen LogP contribution in [0.4, 0.5) is 17.6 Å². The SMILES string of the molecule is CCc1cnc(C(C)Nc2cc(NN)nc(N)n2)s1. The average molecular weight is 279 g/mol. The Labute approximate surface area is 115 Å². The first-order valence-corrected chi connectivity index (χ1v) is 6.76. The second-order valence-corrected chi connectivity index (χ2v) is 5.17. The molecule has 19 heavy (non-hydrogen) atoms. The number of thiazole rings is 1. The Morgan fingerprint density at radius 2 is 2.11 bits per heavy atom. The van der Waals surface area contributed by atoms with E-state index in [2.05, 4.69) is 32.6 Å². The van der Waals surface area contributed by atoms with Gasteiger partial charge in [-0.2, -0.15) is 9.97 Å². The number of nitrogen functional groups attached to an aromatic ring is 2. The van der Waals surface area contributed by atoms with Crippen molar-refractivity contribution < 1.29 is 0 Å². The van der Waals surface area contributed by atoms with Crippen LogP contribution in [0.5, 0.6) is 0 Å². The van der Waals surface area contributed by atoms with Gasteiger partial charge in [0.1, 0.15) is 16.6 Å². The van der Waals surface area contributed by atoms with Crippen LogP contribution in [0.15, 0.2) is 12.3 Å². The largest absolute Gasteiger partial charge is 0.368 e. The second-order valence-electron chi connectivity index (χ2n) is 4.03. The molecule has 0 amide bonds. The van der Waals surface area contributed by atoms with Gasteiger partial charge in [-0.1, -0.05) is 6.92 Å². The summed E-state index contributed by atoms with van der Waals surface area (Å²) in [6.07, 6.45) is 2.89. The monoisotopic (exact) mass is 279 g/mol. The fourth-order valence-electron chi connectivity index (χ4n) is 1.58. The standard InChI is InChI=1S/C11H17N7S/c1-3-7-5-14-10(19-7)6(2)15-8-4-9(18-13)17-11(12)16-8/h4-6H,3,13H2,1-2H3,(H4,12,15,16,17,18). The lowest BCUT2D eigenvalue weighted by Gasteiger charge is -2.12. The molecule has 6 N–H and O–H groups in total. The van der Waals surface area contributed by atoms with Crippen LogP contribution in [0.3, 0.4) is 0 Å². The molecule has 102 valence electrons. The number of nitrogens with one attached hydrogen (secondary N) is 2. The fourth-order valence-corrected chi connectivity index (χ4v) is 2.44. The highest BCUT2D eigenvalue weighted by molar-refractivity contribution is 7.11. The quantitative estimate of drug-likeness (QED) is 0.484. The van der Waals surface area contributed by atoms with E-state index in [-0.39, 0.29) is 12.0 Å². The number of hydrogen-bond acceptors (Lipinski definition) is 8. The summed E-state index contributed by atoms with van der Waals surface area (Å²) in [4.78, 5) is 13.7. The summed E-state index contributed by atoms with van der Waals surface area (Å²) in [5.41, 5.74) is 8.05. The number of aryl methyl sites for hydroxylation is 1. The fraction of sp³-hybridized carbons (Fsp3) is 0.364. The third kappa shape index (κ3) is 3.30. The predicted molar refractivity (Wildman–Crippen MR) is 77.8 cm³/mol. The van der Waals surface area contributed by atoms with E-state index in [4.69, 9.17) is 11.6 Å². The highest BCUT2D eigenvalue weighted by Crippen LogP contribution is 2.24. The molecule has 2 rings (SSSR count). The molecule has 0 radical (unpaired) electrons. The van der Waals surface area contributed by atoms with Crippen LogP contribution in [-0.2, 0) is 6.42 Å². The molecule has 1 unspecified atom stereocenters. The first-order valence-electron chi connectivity index (χ1n) is 5.94. The summed E-state index contributed by atoms with van der Waals surface area (Å²) < 4.78 is 0. The van der Waals surface area contributed by atoms with E-state index in [1.54, 1.807) is 17.4 Å². The van der Waals surface area contributed by atoms with Crippen LogP contribution < -0.4 is 22.3 Å². The number of anilines is 3. The molecule has 0 bridgehead atoms. The molecule has 0 aromatic carbocycles. The molecule has 0 spiro atoms. The first-order chi connectivity index (χ1) is 9.12. The summed E-state index contributed by atoms with van der Waals surface area (Å²) in [5, 5.41) is 4.24. The lowest BCUT2D eigenvalue weighted by molar-refractivity contribution is 0.859. The Morgan fingerprint density at radius 1 is 1.37 bits per heavy atom. The molecule has 0 saturated heterocycles. The summed E-state index contributed by atoms with van der Waals surface area (Å²) in [7, 11) is 0. The molecule has 0 fully saturated rings. The van der Waals surface area contributed by atoms with E-state index in [0.29, 0.717) is 11.6 Å². The van der Waals surface area contributed by atoms with Crippen LogP contribution in [0.1, 0.15) is 29.8 Å². The Hall–Kier alpha value is -1.93. The molecule has 2 heterocycles. The van der Waals surface area contributed by atoms with Gasteiger partial charge in [0.05, 0.1) is 6.04 Å². The minimum atomic E-state index is 0.0465. The van der Waals surface area contributed by atoms with Crippen LogP contribution in [0.2, 0.25) is 0 Å². The smallest absolute Gasteiger partial charge is 0.223 e. The number of hydrogen-bond donors (Lipinski definition) is 4. The van der Waals surface area contributed by atoms with Gasteiger partial charge in [0.2, 0.25) is 5.95 Å². The van der Waals surface area contributed by atoms with E-state index >= 15 is 0 Å². The highest BCUT2D eigenvalue weighted by Gasteiger charge is 2.11. The number of rotatable bonds is 5. The minimum absolute atomic E-state index is 0.0465.